The molecule has 1 unspecified atom stereocenters. The molecule has 0 aliphatic rings. The van der Waals surface area contributed by atoms with Gasteiger partial charge in [-0.25, -0.2) is 0 Å². The molecule has 1 N–H and O–H groups in total. The molecule has 1 atom stereocenters. The normalized spacial score (nSPS) is 12.4. The van der Waals surface area contributed by atoms with Gasteiger partial charge in [-0.05, 0) is 47.0 Å². The lowest BCUT2D eigenvalue weighted by Gasteiger charge is -2.12. The topological polar surface area (TPSA) is 21.3 Å². The molecule has 0 bridgehead atoms. The molecule has 3 heteroatoms. The van der Waals surface area contributed by atoms with Crippen molar-refractivity contribution >= 4 is 11.3 Å². The Hall–Kier alpha value is -1.32. The van der Waals surface area contributed by atoms with Crippen LogP contribution >= 0.6 is 11.3 Å². The van der Waals surface area contributed by atoms with Crippen molar-refractivity contribution in [2.24, 2.45) is 0 Å². The van der Waals surface area contributed by atoms with E-state index in [4.69, 9.17) is 4.74 Å². The van der Waals surface area contributed by atoms with Gasteiger partial charge in [-0.15, -0.1) is 0 Å². The van der Waals surface area contributed by atoms with Crippen molar-refractivity contribution < 1.29 is 4.74 Å². The van der Waals surface area contributed by atoms with E-state index in [-0.39, 0.29) is 0 Å². The lowest BCUT2D eigenvalue weighted by atomic mass is 10.1. The number of hydrogen-bond acceptors (Lipinski definition) is 3. The number of hydrogen-bond donors (Lipinski definition) is 1. The van der Waals surface area contributed by atoms with Crippen LogP contribution < -0.4 is 10.1 Å². The molecule has 90 valence electrons. The number of rotatable bonds is 5. The Labute approximate surface area is 106 Å². The average Bonchev–Trinajstić information content (AvgIpc) is 2.90. The van der Waals surface area contributed by atoms with Crippen molar-refractivity contribution in [3.05, 3.63) is 52.2 Å². The minimum Gasteiger partial charge on any atom is -0.497 e. The Bertz CT molecular complexity index is 453. The van der Waals surface area contributed by atoms with Gasteiger partial charge in [-0.2, -0.15) is 11.3 Å². The largest absolute Gasteiger partial charge is 0.497 e. The minimum atomic E-state index is 0.382. The maximum absolute atomic E-state index is 5.21. The SMILES string of the molecule is COc1cccc(CNC(C)c2ccsc2)c1. The van der Waals surface area contributed by atoms with Gasteiger partial charge in [0.25, 0.3) is 0 Å². The highest BCUT2D eigenvalue weighted by atomic mass is 32.1. The van der Waals surface area contributed by atoms with E-state index < -0.39 is 0 Å². The van der Waals surface area contributed by atoms with Crippen molar-refractivity contribution in [1.29, 1.82) is 0 Å². The van der Waals surface area contributed by atoms with E-state index in [1.54, 1.807) is 18.4 Å². The quantitative estimate of drug-likeness (QED) is 0.871. The molecule has 17 heavy (non-hydrogen) atoms. The molecule has 0 spiro atoms. The van der Waals surface area contributed by atoms with E-state index in [1.165, 1.54) is 11.1 Å². The predicted molar refractivity (Wildman–Crippen MR) is 72.6 cm³/mol. The molecular formula is C14H17NOS. The van der Waals surface area contributed by atoms with Gasteiger partial charge in [0.2, 0.25) is 0 Å². The van der Waals surface area contributed by atoms with Gasteiger partial charge in [0.15, 0.2) is 0 Å². The Morgan fingerprint density at radius 3 is 2.94 bits per heavy atom. The van der Waals surface area contributed by atoms with E-state index in [1.807, 2.05) is 12.1 Å². The Morgan fingerprint density at radius 1 is 1.35 bits per heavy atom. The second-order valence-corrected chi connectivity index (χ2v) is 4.79. The zero-order chi connectivity index (χ0) is 12.1. The third kappa shape index (κ3) is 3.32. The molecule has 2 rings (SSSR count). The molecule has 1 heterocycles. The molecule has 2 aromatic rings. The molecule has 0 aliphatic heterocycles. The van der Waals surface area contributed by atoms with Gasteiger partial charge in [0.05, 0.1) is 7.11 Å². The number of ether oxygens (including phenoxy) is 1. The van der Waals surface area contributed by atoms with Crippen LogP contribution in [0.5, 0.6) is 5.75 Å². The van der Waals surface area contributed by atoms with Gasteiger partial charge < -0.3 is 10.1 Å². The van der Waals surface area contributed by atoms with Crippen LogP contribution in [0.15, 0.2) is 41.1 Å². The Morgan fingerprint density at radius 2 is 2.24 bits per heavy atom. The number of benzene rings is 1. The van der Waals surface area contributed by atoms with E-state index in [9.17, 15) is 0 Å². The lowest BCUT2D eigenvalue weighted by Crippen LogP contribution is -2.17. The van der Waals surface area contributed by atoms with Crippen LogP contribution in [0.4, 0.5) is 0 Å². The molecule has 1 aromatic heterocycles. The van der Waals surface area contributed by atoms with Crippen molar-refractivity contribution in [2.45, 2.75) is 19.5 Å². The van der Waals surface area contributed by atoms with Gasteiger partial charge in [-0.3, -0.25) is 0 Å². The molecule has 0 saturated heterocycles. The third-order valence-electron chi connectivity index (χ3n) is 2.79. The maximum Gasteiger partial charge on any atom is 0.119 e. The second kappa shape index (κ2) is 5.84. The number of thiophene rings is 1. The van der Waals surface area contributed by atoms with Crippen LogP contribution in [0, 0.1) is 0 Å². The first-order valence-corrected chi connectivity index (χ1v) is 6.62. The van der Waals surface area contributed by atoms with Crippen LogP contribution in [-0.2, 0) is 6.54 Å². The molecule has 0 aliphatic carbocycles. The Balaban J connectivity index is 1.93. The number of methoxy groups -OCH3 is 1. The minimum absolute atomic E-state index is 0.382. The van der Waals surface area contributed by atoms with E-state index >= 15 is 0 Å². The molecule has 0 amide bonds. The average molecular weight is 247 g/mol. The summed E-state index contributed by atoms with van der Waals surface area (Å²) < 4.78 is 5.21. The summed E-state index contributed by atoms with van der Waals surface area (Å²) in [5.41, 5.74) is 2.59. The zero-order valence-corrected chi connectivity index (χ0v) is 11.0. The molecular weight excluding hydrogens is 230 g/mol. The van der Waals surface area contributed by atoms with Crippen molar-refractivity contribution in [3.63, 3.8) is 0 Å². The summed E-state index contributed by atoms with van der Waals surface area (Å²) in [5.74, 6) is 0.910. The van der Waals surface area contributed by atoms with Crippen LogP contribution in [0.2, 0.25) is 0 Å². The monoisotopic (exact) mass is 247 g/mol. The van der Waals surface area contributed by atoms with Crippen LogP contribution in [0.3, 0.4) is 0 Å². The first-order valence-electron chi connectivity index (χ1n) is 5.68. The summed E-state index contributed by atoms with van der Waals surface area (Å²) >= 11 is 1.74. The zero-order valence-electron chi connectivity index (χ0n) is 10.1. The Kier molecular flexibility index (Phi) is 4.18. The number of nitrogens with one attached hydrogen (secondary N) is 1. The fraction of sp³-hybridized carbons (Fsp3) is 0.286. The molecule has 0 fully saturated rings. The van der Waals surface area contributed by atoms with Gasteiger partial charge >= 0.3 is 0 Å². The standard InChI is InChI=1S/C14H17NOS/c1-11(13-6-7-17-10-13)15-9-12-4-3-5-14(8-12)16-2/h3-8,10-11,15H,9H2,1-2H3. The summed E-state index contributed by atoms with van der Waals surface area (Å²) in [4.78, 5) is 0. The smallest absolute Gasteiger partial charge is 0.119 e. The van der Waals surface area contributed by atoms with Crippen LogP contribution in [0.25, 0.3) is 0 Å². The van der Waals surface area contributed by atoms with Crippen molar-refractivity contribution in [3.8, 4) is 5.75 Å². The summed E-state index contributed by atoms with van der Waals surface area (Å²) in [6.45, 7) is 3.04. The van der Waals surface area contributed by atoms with Gasteiger partial charge in [0.1, 0.15) is 5.75 Å². The molecule has 1 aromatic carbocycles. The van der Waals surface area contributed by atoms with Crippen LogP contribution in [0.1, 0.15) is 24.1 Å². The highest BCUT2D eigenvalue weighted by Crippen LogP contribution is 2.17. The van der Waals surface area contributed by atoms with Crippen molar-refractivity contribution in [2.75, 3.05) is 7.11 Å². The van der Waals surface area contributed by atoms with Gasteiger partial charge in [-0.1, -0.05) is 12.1 Å². The summed E-state index contributed by atoms with van der Waals surface area (Å²) in [6, 6.07) is 10.7. The predicted octanol–water partition coefficient (Wildman–Crippen LogP) is 3.61. The van der Waals surface area contributed by atoms with E-state index in [0.29, 0.717) is 6.04 Å². The highest BCUT2D eigenvalue weighted by molar-refractivity contribution is 7.07. The fourth-order valence-electron chi connectivity index (χ4n) is 1.69. The first kappa shape index (κ1) is 12.1. The lowest BCUT2D eigenvalue weighted by molar-refractivity contribution is 0.414. The van der Waals surface area contributed by atoms with E-state index in [2.05, 4.69) is 41.2 Å². The molecule has 2 nitrogen and oxygen atoms in total. The van der Waals surface area contributed by atoms with Crippen molar-refractivity contribution in [1.82, 2.24) is 5.32 Å². The second-order valence-electron chi connectivity index (χ2n) is 4.01. The summed E-state index contributed by atoms with van der Waals surface area (Å²) in [7, 11) is 1.69. The maximum atomic E-state index is 5.21. The van der Waals surface area contributed by atoms with Crippen LogP contribution in [-0.4, -0.2) is 7.11 Å². The summed E-state index contributed by atoms with van der Waals surface area (Å²) in [5, 5.41) is 7.80. The van der Waals surface area contributed by atoms with E-state index in [0.717, 1.165) is 12.3 Å². The van der Waals surface area contributed by atoms with Gasteiger partial charge in [0, 0.05) is 12.6 Å². The first-order chi connectivity index (χ1) is 8.29. The highest BCUT2D eigenvalue weighted by Gasteiger charge is 2.05. The molecule has 0 radical (unpaired) electrons. The molecule has 0 saturated carbocycles. The third-order valence-corrected chi connectivity index (χ3v) is 3.49. The fourth-order valence-corrected chi connectivity index (χ4v) is 2.45. The summed E-state index contributed by atoms with van der Waals surface area (Å²) in [6.07, 6.45) is 0.